The molecule has 31 heavy (non-hydrogen) atoms. The van der Waals surface area contributed by atoms with Gasteiger partial charge in [-0.1, -0.05) is 39.3 Å². The highest BCUT2D eigenvalue weighted by Gasteiger charge is 2.56. The Labute approximate surface area is 190 Å². The van der Waals surface area contributed by atoms with Gasteiger partial charge in [-0.05, 0) is 55.7 Å². The lowest BCUT2D eigenvalue weighted by atomic mass is 9.57. The van der Waals surface area contributed by atoms with Crippen molar-refractivity contribution in [3.8, 4) is 0 Å². The maximum Gasteiger partial charge on any atom is 0.192 e. The first-order valence-corrected chi connectivity index (χ1v) is 15.0. The lowest BCUT2D eigenvalue weighted by Gasteiger charge is -2.55. The minimum absolute atomic E-state index is 0.0339. The van der Waals surface area contributed by atoms with Gasteiger partial charge in [0.15, 0.2) is 8.32 Å². The molecule has 1 spiro atoms. The number of rotatable bonds is 8. The summed E-state index contributed by atoms with van der Waals surface area (Å²) in [4.78, 5) is 12.9. The van der Waals surface area contributed by atoms with Crippen molar-refractivity contribution in [3.63, 3.8) is 0 Å². The topological polar surface area (TPSA) is 54.0 Å². The van der Waals surface area contributed by atoms with Crippen molar-refractivity contribution in [1.29, 1.82) is 0 Å². The number of carbonyl (C=O) groups is 1. The normalized spacial score (nSPS) is 34.2. The molecule has 5 atom stereocenters. The molecule has 0 N–H and O–H groups in total. The van der Waals surface area contributed by atoms with Crippen LogP contribution in [0.4, 0.5) is 0 Å². The number of hydrogen-bond acceptors (Lipinski definition) is 5. The smallest absolute Gasteiger partial charge is 0.192 e. The average Bonchev–Trinajstić information content (AvgIpc) is 2.74. The van der Waals surface area contributed by atoms with E-state index in [0.29, 0.717) is 43.7 Å². The second-order valence-corrected chi connectivity index (χ2v) is 16.3. The van der Waals surface area contributed by atoms with Crippen LogP contribution in [-0.2, 0) is 23.4 Å². The molecule has 0 aliphatic heterocycles. The van der Waals surface area contributed by atoms with Crippen LogP contribution in [0.25, 0.3) is 0 Å². The third-order valence-corrected chi connectivity index (χ3v) is 12.8. The van der Waals surface area contributed by atoms with Gasteiger partial charge in [-0.15, -0.1) is 0 Å². The van der Waals surface area contributed by atoms with Gasteiger partial charge < -0.3 is 18.6 Å². The molecule has 0 unspecified atom stereocenters. The standard InChI is InChI=1S/C25H44O5Si/c1-18-15-25-16-21(26)11-9-19(23(25)30-31(6,7)24(2,3)4)8-10-20(25)14-22(18)29-17-28-13-12-27-5/h14,18-19,22-23H,8-13,15-17H2,1-7H3/t18-,19+,22-,23-,25-/m1/s1. The van der Waals surface area contributed by atoms with Gasteiger partial charge in [-0.2, -0.15) is 0 Å². The summed E-state index contributed by atoms with van der Waals surface area (Å²) in [6.07, 6.45) is 7.97. The first kappa shape index (κ1) is 25.1. The van der Waals surface area contributed by atoms with Gasteiger partial charge in [0.1, 0.15) is 12.6 Å². The first-order chi connectivity index (χ1) is 14.5. The monoisotopic (exact) mass is 452 g/mol. The second kappa shape index (κ2) is 9.76. The van der Waals surface area contributed by atoms with Crippen LogP contribution in [0.5, 0.6) is 0 Å². The van der Waals surface area contributed by atoms with Crippen molar-refractivity contribution in [1.82, 2.24) is 0 Å². The lowest BCUT2D eigenvalue weighted by molar-refractivity contribution is -0.126. The third-order valence-electron chi connectivity index (χ3n) is 8.32. The summed E-state index contributed by atoms with van der Waals surface area (Å²) in [7, 11) is -0.288. The van der Waals surface area contributed by atoms with Gasteiger partial charge in [0.25, 0.3) is 0 Å². The summed E-state index contributed by atoms with van der Waals surface area (Å²) < 4.78 is 23.9. The lowest BCUT2D eigenvalue weighted by Crippen LogP contribution is -2.56. The van der Waals surface area contributed by atoms with Crippen molar-refractivity contribution < 1.29 is 23.4 Å². The Morgan fingerprint density at radius 1 is 1.16 bits per heavy atom. The molecule has 0 aromatic carbocycles. The highest BCUT2D eigenvalue weighted by molar-refractivity contribution is 6.74. The number of carbonyl (C=O) groups excluding carboxylic acids is 1. The Morgan fingerprint density at radius 2 is 1.87 bits per heavy atom. The molecule has 0 radical (unpaired) electrons. The summed E-state index contributed by atoms with van der Waals surface area (Å²) >= 11 is 0. The zero-order valence-corrected chi connectivity index (χ0v) is 21.8. The number of fused-ring (bicyclic) bond motifs is 1. The van der Waals surface area contributed by atoms with E-state index in [0.717, 1.165) is 25.7 Å². The molecule has 6 heteroatoms. The molecule has 2 fully saturated rings. The van der Waals surface area contributed by atoms with E-state index in [2.05, 4.69) is 46.9 Å². The molecule has 2 saturated carbocycles. The molecule has 0 amide bonds. The summed E-state index contributed by atoms with van der Waals surface area (Å²) in [6, 6.07) is 0. The maximum atomic E-state index is 12.9. The molecule has 2 bridgehead atoms. The van der Waals surface area contributed by atoms with Gasteiger partial charge in [0.2, 0.25) is 0 Å². The van der Waals surface area contributed by atoms with Gasteiger partial charge >= 0.3 is 0 Å². The number of hydrogen-bond donors (Lipinski definition) is 0. The molecule has 5 nitrogen and oxygen atoms in total. The molecular weight excluding hydrogens is 408 g/mol. The third kappa shape index (κ3) is 5.35. The van der Waals surface area contributed by atoms with Crippen LogP contribution in [0.3, 0.4) is 0 Å². The van der Waals surface area contributed by atoms with E-state index >= 15 is 0 Å². The minimum atomic E-state index is -1.96. The second-order valence-electron chi connectivity index (χ2n) is 11.5. The van der Waals surface area contributed by atoms with Crippen LogP contribution in [-0.4, -0.2) is 53.4 Å². The Bertz CT molecular complexity index is 667. The molecule has 178 valence electrons. The van der Waals surface area contributed by atoms with Crippen LogP contribution in [0.15, 0.2) is 11.6 Å². The van der Waals surface area contributed by atoms with Crippen LogP contribution < -0.4 is 0 Å². The summed E-state index contributed by atoms with van der Waals surface area (Å²) in [5.41, 5.74) is 1.25. The van der Waals surface area contributed by atoms with Crippen LogP contribution in [0, 0.1) is 17.3 Å². The minimum Gasteiger partial charge on any atom is -0.413 e. The predicted octanol–water partition coefficient (Wildman–Crippen LogP) is 5.50. The zero-order chi connectivity index (χ0) is 22.9. The van der Waals surface area contributed by atoms with E-state index in [1.54, 1.807) is 7.11 Å². The first-order valence-electron chi connectivity index (χ1n) is 12.1. The van der Waals surface area contributed by atoms with Gasteiger partial charge in [-0.3, -0.25) is 4.79 Å². The summed E-state index contributed by atoms with van der Waals surface area (Å²) in [6.45, 7) is 15.3. The van der Waals surface area contributed by atoms with Crippen molar-refractivity contribution in [2.45, 2.75) is 96.6 Å². The predicted molar refractivity (Wildman–Crippen MR) is 126 cm³/mol. The SMILES string of the molecule is COCCOCO[C@@H]1C=C2CC[C@H]3CCC(=O)C[C@@]2(C[C@H]1C)[C@@H]3O[Si](C)(C)C(C)(C)C. The Balaban J connectivity index is 1.87. The fourth-order valence-electron chi connectivity index (χ4n) is 5.54. The van der Waals surface area contributed by atoms with Crippen LogP contribution in [0.1, 0.15) is 66.2 Å². The van der Waals surface area contributed by atoms with E-state index in [1.165, 1.54) is 5.57 Å². The Kier molecular flexibility index (Phi) is 7.90. The van der Waals surface area contributed by atoms with Crippen LogP contribution >= 0.6 is 0 Å². The van der Waals surface area contributed by atoms with Crippen molar-refractivity contribution in [2.75, 3.05) is 27.1 Å². The number of Topliss-reactive ketones (excluding diaryl/α,β-unsaturated/α-hetero) is 1. The van der Waals surface area contributed by atoms with Crippen molar-refractivity contribution in [3.05, 3.63) is 11.6 Å². The fraction of sp³-hybridized carbons (Fsp3) is 0.880. The molecule has 0 heterocycles. The summed E-state index contributed by atoms with van der Waals surface area (Å²) in [5.74, 6) is 1.22. The molecule has 0 aromatic rings. The number of ether oxygens (including phenoxy) is 3. The van der Waals surface area contributed by atoms with Gasteiger partial charge in [0.05, 0.1) is 25.4 Å². The number of ketones is 1. The fourth-order valence-corrected chi connectivity index (χ4v) is 6.94. The molecule has 3 aliphatic carbocycles. The molecule has 0 saturated heterocycles. The largest absolute Gasteiger partial charge is 0.413 e. The number of methoxy groups -OCH3 is 1. The quantitative estimate of drug-likeness (QED) is 0.211. The maximum absolute atomic E-state index is 12.9. The van der Waals surface area contributed by atoms with Crippen LogP contribution in [0.2, 0.25) is 18.1 Å². The van der Waals surface area contributed by atoms with Crippen molar-refractivity contribution in [2.24, 2.45) is 17.3 Å². The molecule has 3 rings (SSSR count). The van der Waals surface area contributed by atoms with Gasteiger partial charge in [0, 0.05) is 25.4 Å². The van der Waals surface area contributed by atoms with Gasteiger partial charge in [-0.25, -0.2) is 0 Å². The highest BCUT2D eigenvalue weighted by Crippen LogP contribution is 2.58. The van der Waals surface area contributed by atoms with E-state index in [1.807, 2.05) is 0 Å². The van der Waals surface area contributed by atoms with Crippen molar-refractivity contribution >= 4 is 14.1 Å². The Hall–Kier alpha value is -0.533. The summed E-state index contributed by atoms with van der Waals surface area (Å²) in [5, 5.41) is 0.156. The van der Waals surface area contributed by atoms with E-state index in [4.69, 9.17) is 18.6 Å². The van der Waals surface area contributed by atoms with E-state index < -0.39 is 8.32 Å². The Morgan fingerprint density at radius 3 is 2.55 bits per heavy atom. The zero-order valence-electron chi connectivity index (χ0n) is 20.8. The highest BCUT2D eigenvalue weighted by atomic mass is 28.4. The van der Waals surface area contributed by atoms with E-state index in [9.17, 15) is 4.79 Å². The molecular formula is C25H44O5Si. The van der Waals surface area contributed by atoms with E-state index in [-0.39, 0.29) is 29.5 Å². The molecule has 3 aliphatic rings. The average molecular weight is 453 g/mol. The molecule has 0 aromatic heterocycles.